The Labute approximate surface area is 136 Å². The highest BCUT2D eigenvalue weighted by atomic mass is 16.7. The van der Waals surface area contributed by atoms with Crippen LogP contribution in [0.4, 0.5) is 0 Å². The number of aliphatic hydroxyl groups is 2. The quantitative estimate of drug-likeness (QED) is 0.668. The van der Waals surface area contributed by atoms with Crippen LogP contribution >= 0.6 is 0 Å². The second kappa shape index (κ2) is 6.61. The van der Waals surface area contributed by atoms with E-state index in [1.165, 1.54) is 0 Å². The third-order valence-electron chi connectivity index (χ3n) is 4.41. The summed E-state index contributed by atoms with van der Waals surface area (Å²) in [6.07, 6.45) is -0.956. The molecule has 0 spiro atoms. The fraction of sp³-hybridized carbons (Fsp3) is 0.562. The van der Waals surface area contributed by atoms with Gasteiger partial charge in [-0.05, 0) is 45.3 Å². The highest BCUT2D eigenvalue weighted by molar-refractivity contribution is 6.62. The van der Waals surface area contributed by atoms with E-state index in [1.54, 1.807) is 24.3 Å². The van der Waals surface area contributed by atoms with Crippen molar-refractivity contribution in [2.24, 2.45) is 0 Å². The molecule has 1 aromatic rings. The molecule has 2 rings (SSSR count). The maximum absolute atomic E-state index is 11.9. The van der Waals surface area contributed by atoms with Crippen LogP contribution in [0.1, 0.15) is 38.1 Å². The van der Waals surface area contributed by atoms with E-state index < -0.39 is 24.4 Å². The smallest absolute Gasteiger partial charge is 0.399 e. The second-order valence-corrected chi connectivity index (χ2v) is 6.76. The molecule has 1 heterocycles. The topological polar surface area (TPSA) is 88.0 Å². The van der Waals surface area contributed by atoms with E-state index in [4.69, 9.17) is 14.4 Å². The van der Waals surface area contributed by atoms with Gasteiger partial charge in [0.2, 0.25) is 0 Å². The van der Waals surface area contributed by atoms with Crippen LogP contribution in [0.25, 0.3) is 0 Å². The summed E-state index contributed by atoms with van der Waals surface area (Å²) in [5.41, 5.74) is 0.494. The third-order valence-corrected chi connectivity index (χ3v) is 4.41. The van der Waals surface area contributed by atoms with E-state index in [2.05, 4.69) is 5.32 Å². The van der Waals surface area contributed by atoms with Crippen LogP contribution in [0.15, 0.2) is 24.3 Å². The molecule has 1 aliphatic rings. The van der Waals surface area contributed by atoms with Crippen LogP contribution in [0, 0.1) is 0 Å². The van der Waals surface area contributed by atoms with Crippen LogP contribution in [-0.4, -0.2) is 53.7 Å². The molecule has 1 amide bonds. The minimum Gasteiger partial charge on any atom is -0.399 e. The van der Waals surface area contributed by atoms with Gasteiger partial charge < -0.3 is 24.8 Å². The van der Waals surface area contributed by atoms with E-state index in [1.807, 2.05) is 27.7 Å². The van der Waals surface area contributed by atoms with E-state index >= 15 is 0 Å². The largest absolute Gasteiger partial charge is 0.494 e. The Balaban J connectivity index is 2.02. The average molecular weight is 321 g/mol. The predicted molar refractivity (Wildman–Crippen MR) is 87.6 cm³/mol. The molecule has 6 nitrogen and oxygen atoms in total. The van der Waals surface area contributed by atoms with Crippen molar-refractivity contribution in [2.75, 3.05) is 13.2 Å². The Hall–Kier alpha value is -1.41. The molecule has 1 atom stereocenters. The van der Waals surface area contributed by atoms with Gasteiger partial charge in [-0.3, -0.25) is 4.79 Å². The van der Waals surface area contributed by atoms with Crippen molar-refractivity contribution >= 4 is 18.5 Å². The number of benzene rings is 1. The first-order valence-electron chi connectivity index (χ1n) is 7.69. The Morgan fingerprint density at radius 1 is 1.17 bits per heavy atom. The van der Waals surface area contributed by atoms with Gasteiger partial charge in [-0.2, -0.15) is 0 Å². The molecule has 1 unspecified atom stereocenters. The summed E-state index contributed by atoms with van der Waals surface area (Å²) in [4.78, 5) is 11.9. The molecule has 126 valence electrons. The van der Waals surface area contributed by atoms with E-state index in [-0.39, 0.29) is 19.1 Å². The number of carbonyl (C=O) groups excluding carboxylic acids is 1. The lowest BCUT2D eigenvalue weighted by atomic mass is 9.79. The van der Waals surface area contributed by atoms with Crippen molar-refractivity contribution in [1.29, 1.82) is 0 Å². The van der Waals surface area contributed by atoms with Crippen molar-refractivity contribution in [3.05, 3.63) is 29.8 Å². The molecule has 1 aliphatic heterocycles. The molecule has 0 aliphatic carbocycles. The first-order chi connectivity index (χ1) is 10.7. The Bertz CT molecular complexity index is 542. The van der Waals surface area contributed by atoms with E-state index in [0.717, 1.165) is 5.46 Å². The zero-order valence-corrected chi connectivity index (χ0v) is 14.0. The molecule has 1 aromatic carbocycles. The lowest BCUT2D eigenvalue weighted by Gasteiger charge is -2.32. The van der Waals surface area contributed by atoms with Gasteiger partial charge in [0.25, 0.3) is 5.91 Å². The summed E-state index contributed by atoms with van der Waals surface area (Å²) < 4.78 is 11.9. The Morgan fingerprint density at radius 2 is 1.70 bits per heavy atom. The van der Waals surface area contributed by atoms with Crippen LogP contribution < -0.4 is 10.8 Å². The van der Waals surface area contributed by atoms with Gasteiger partial charge in [-0.1, -0.05) is 12.1 Å². The minimum atomic E-state index is -0.956. The lowest BCUT2D eigenvalue weighted by molar-refractivity contribution is 0.00578. The number of amides is 1. The van der Waals surface area contributed by atoms with Crippen molar-refractivity contribution in [3.63, 3.8) is 0 Å². The minimum absolute atomic E-state index is 0.00824. The molecule has 23 heavy (non-hydrogen) atoms. The molecule has 0 aromatic heterocycles. The molecule has 1 saturated heterocycles. The number of nitrogens with one attached hydrogen (secondary N) is 1. The zero-order valence-electron chi connectivity index (χ0n) is 14.0. The van der Waals surface area contributed by atoms with Crippen molar-refractivity contribution in [1.82, 2.24) is 5.32 Å². The summed E-state index contributed by atoms with van der Waals surface area (Å²) in [5, 5.41) is 20.5. The summed E-state index contributed by atoms with van der Waals surface area (Å²) in [5.74, 6) is -0.307. The SMILES string of the molecule is CC1(C)OB(c2ccc(C(=O)NCC(O)CO)cc2)OC1(C)C. The average Bonchev–Trinajstić information content (AvgIpc) is 2.73. The molecule has 0 saturated carbocycles. The van der Waals surface area contributed by atoms with Gasteiger partial charge >= 0.3 is 7.12 Å². The van der Waals surface area contributed by atoms with Gasteiger partial charge in [0.15, 0.2) is 0 Å². The fourth-order valence-corrected chi connectivity index (χ4v) is 2.15. The number of hydrogen-bond donors (Lipinski definition) is 3. The normalized spacial score (nSPS) is 20.3. The molecule has 7 heteroatoms. The standard InChI is InChI=1S/C16H24BNO5/c1-15(2)16(3,4)23-17(22-15)12-7-5-11(6-8-12)14(21)18-9-13(20)10-19/h5-8,13,19-20H,9-10H2,1-4H3,(H,18,21). The van der Waals surface area contributed by atoms with Gasteiger partial charge in [-0.15, -0.1) is 0 Å². The number of rotatable bonds is 5. The summed E-state index contributed by atoms with van der Waals surface area (Å²) in [6, 6.07) is 6.95. The van der Waals surface area contributed by atoms with Gasteiger partial charge in [0, 0.05) is 12.1 Å². The number of hydrogen-bond acceptors (Lipinski definition) is 5. The van der Waals surface area contributed by atoms with Crippen molar-refractivity contribution in [3.8, 4) is 0 Å². The van der Waals surface area contributed by atoms with Crippen LogP contribution in [-0.2, 0) is 9.31 Å². The second-order valence-electron chi connectivity index (χ2n) is 6.76. The molecule has 0 radical (unpaired) electrons. The van der Waals surface area contributed by atoms with Crippen LogP contribution in [0.3, 0.4) is 0 Å². The molecule has 3 N–H and O–H groups in total. The number of aliphatic hydroxyl groups excluding tert-OH is 2. The van der Waals surface area contributed by atoms with Crippen LogP contribution in [0.2, 0.25) is 0 Å². The summed E-state index contributed by atoms with van der Waals surface area (Å²) in [7, 11) is -0.465. The fourth-order valence-electron chi connectivity index (χ4n) is 2.15. The van der Waals surface area contributed by atoms with E-state index in [0.29, 0.717) is 5.56 Å². The third kappa shape index (κ3) is 3.92. The van der Waals surface area contributed by atoms with Gasteiger partial charge in [0.1, 0.15) is 0 Å². The monoisotopic (exact) mass is 321 g/mol. The maximum Gasteiger partial charge on any atom is 0.494 e. The molecular formula is C16H24BNO5. The van der Waals surface area contributed by atoms with Crippen LogP contribution in [0.5, 0.6) is 0 Å². The highest BCUT2D eigenvalue weighted by Gasteiger charge is 2.51. The first kappa shape index (κ1) is 17.9. The first-order valence-corrected chi connectivity index (χ1v) is 7.69. The van der Waals surface area contributed by atoms with Gasteiger partial charge in [-0.25, -0.2) is 0 Å². The predicted octanol–water partition coefficient (Wildman–Crippen LogP) is 0.0688. The zero-order chi connectivity index (χ0) is 17.3. The van der Waals surface area contributed by atoms with Crippen molar-refractivity contribution in [2.45, 2.75) is 45.0 Å². The molecular weight excluding hydrogens is 297 g/mol. The summed E-state index contributed by atoms with van der Waals surface area (Å²) >= 11 is 0. The van der Waals surface area contributed by atoms with Crippen molar-refractivity contribution < 1.29 is 24.3 Å². The Kier molecular flexibility index (Phi) is 5.15. The molecule has 0 bridgehead atoms. The lowest BCUT2D eigenvalue weighted by Crippen LogP contribution is -2.41. The van der Waals surface area contributed by atoms with E-state index in [9.17, 15) is 9.90 Å². The van der Waals surface area contributed by atoms with Gasteiger partial charge in [0.05, 0.1) is 23.9 Å². The Morgan fingerprint density at radius 3 is 2.17 bits per heavy atom. The molecule has 1 fully saturated rings. The number of carbonyl (C=O) groups is 1. The highest BCUT2D eigenvalue weighted by Crippen LogP contribution is 2.36. The summed E-state index contributed by atoms with van der Waals surface area (Å²) in [6.45, 7) is 7.57. The maximum atomic E-state index is 11.9.